The smallest absolute Gasteiger partial charge is 0.330 e. The van der Waals surface area contributed by atoms with Crippen LogP contribution in [0.2, 0.25) is 0 Å². The van der Waals surface area contributed by atoms with Gasteiger partial charge in [0.2, 0.25) is 0 Å². The second-order valence-electron chi connectivity index (χ2n) is 2.60. The topological polar surface area (TPSA) is 63.6 Å². The Labute approximate surface area is 77.2 Å². The number of cyclic esters (lactones) is 1. The molecule has 1 aliphatic heterocycles. The van der Waals surface area contributed by atoms with Crippen LogP contribution in [-0.4, -0.2) is 23.7 Å². The van der Waals surface area contributed by atoms with Crippen LogP contribution in [0.25, 0.3) is 0 Å². The molecule has 0 bridgehead atoms. The molecule has 0 radical (unpaired) electrons. The fourth-order valence-electron chi connectivity index (χ4n) is 0.598. The van der Waals surface area contributed by atoms with E-state index in [1.807, 2.05) is 0 Å². The first-order chi connectivity index (χ1) is 6.07. The van der Waals surface area contributed by atoms with E-state index in [4.69, 9.17) is 5.11 Å². The Morgan fingerprint density at radius 3 is 2.31 bits per heavy atom. The Balaban J connectivity index is 0.000000223. The molecule has 0 saturated carbocycles. The summed E-state index contributed by atoms with van der Waals surface area (Å²) >= 11 is 0. The lowest BCUT2D eigenvalue weighted by atomic mass is 10.3. The summed E-state index contributed by atoms with van der Waals surface area (Å²) in [6.07, 6.45) is 3.10. The van der Waals surface area contributed by atoms with Crippen LogP contribution in [0, 0.1) is 0 Å². The average molecular weight is 186 g/mol. The van der Waals surface area contributed by atoms with Crippen molar-refractivity contribution in [2.24, 2.45) is 0 Å². The van der Waals surface area contributed by atoms with Gasteiger partial charge in [-0.1, -0.05) is 6.08 Å². The van der Waals surface area contributed by atoms with E-state index in [-0.39, 0.29) is 5.97 Å². The number of carboxylic acids is 1. The highest BCUT2D eigenvalue weighted by Crippen LogP contribution is 2.01. The van der Waals surface area contributed by atoms with Crippen molar-refractivity contribution in [2.75, 3.05) is 6.61 Å². The van der Waals surface area contributed by atoms with Crippen LogP contribution >= 0.6 is 0 Å². The van der Waals surface area contributed by atoms with Crippen LogP contribution in [0.4, 0.5) is 0 Å². The van der Waals surface area contributed by atoms with Gasteiger partial charge >= 0.3 is 11.9 Å². The summed E-state index contributed by atoms with van der Waals surface area (Å²) in [7, 11) is 0. The summed E-state index contributed by atoms with van der Waals surface area (Å²) < 4.78 is 4.51. The lowest BCUT2D eigenvalue weighted by Gasteiger charge is -1.84. The molecule has 0 aromatic heterocycles. The van der Waals surface area contributed by atoms with Crippen molar-refractivity contribution in [2.45, 2.75) is 26.7 Å². The SMILES string of the molecule is CC=C(C)C(=O)O.O=C1CCCO1. The third-order valence-corrected chi connectivity index (χ3v) is 1.56. The zero-order valence-corrected chi connectivity index (χ0v) is 7.87. The summed E-state index contributed by atoms with van der Waals surface area (Å²) in [4.78, 5) is 19.9. The summed E-state index contributed by atoms with van der Waals surface area (Å²) in [6, 6.07) is 0. The van der Waals surface area contributed by atoms with Crippen LogP contribution in [-0.2, 0) is 14.3 Å². The van der Waals surface area contributed by atoms with Gasteiger partial charge in [-0.3, -0.25) is 4.79 Å². The molecule has 1 rings (SSSR count). The van der Waals surface area contributed by atoms with Crippen molar-refractivity contribution in [3.8, 4) is 0 Å². The minimum Gasteiger partial charge on any atom is -0.478 e. The number of carbonyl (C=O) groups excluding carboxylic acids is 1. The molecule has 13 heavy (non-hydrogen) atoms. The van der Waals surface area contributed by atoms with E-state index in [1.165, 1.54) is 0 Å². The molecular weight excluding hydrogens is 172 g/mol. The van der Waals surface area contributed by atoms with E-state index < -0.39 is 5.97 Å². The molecule has 0 aromatic rings. The van der Waals surface area contributed by atoms with Crippen molar-refractivity contribution < 1.29 is 19.4 Å². The molecule has 1 N–H and O–H groups in total. The quantitative estimate of drug-likeness (QED) is 0.496. The van der Waals surface area contributed by atoms with Gasteiger partial charge in [-0.05, 0) is 20.3 Å². The van der Waals surface area contributed by atoms with Gasteiger partial charge in [0.05, 0.1) is 6.61 Å². The summed E-state index contributed by atoms with van der Waals surface area (Å²) in [5.41, 5.74) is 0.389. The second-order valence-corrected chi connectivity index (χ2v) is 2.60. The van der Waals surface area contributed by atoms with E-state index in [0.29, 0.717) is 18.6 Å². The average Bonchev–Trinajstić information content (AvgIpc) is 2.55. The normalized spacial score (nSPS) is 15.8. The minimum atomic E-state index is -0.845. The zero-order chi connectivity index (χ0) is 10.3. The first-order valence-electron chi connectivity index (χ1n) is 4.09. The molecule has 0 aromatic carbocycles. The van der Waals surface area contributed by atoms with Crippen LogP contribution in [0.3, 0.4) is 0 Å². The van der Waals surface area contributed by atoms with E-state index in [2.05, 4.69) is 4.74 Å². The van der Waals surface area contributed by atoms with Crippen molar-refractivity contribution in [1.82, 2.24) is 0 Å². The fraction of sp³-hybridized carbons (Fsp3) is 0.556. The zero-order valence-electron chi connectivity index (χ0n) is 7.87. The van der Waals surface area contributed by atoms with Gasteiger partial charge in [-0.15, -0.1) is 0 Å². The number of esters is 1. The van der Waals surface area contributed by atoms with Crippen LogP contribution in [0.15, 0.2) is 11.6 Å². The van der Waals surface area contributed by atoms with Gasteiger partial charge in [-0.2, -0.15) is 0 Å². The Bertz CT molecular complexity index is 210. The monoisotopic (exact) mass is 186 g/mol. The van der Waals surface area contributed by atoms with E-state index >= 15 is 0 Å². The molecular formula is C9H14O4. The first kappa shape index (κ1) is 11.7. The molecule has 0 atom stereocenters. The highest BCUT2D eigenvalue weighted by atomic mass is 16.5. The first-order valence-corrected chi connectivity index (χ1v) is 4.09. The number of aliphatic carboxylic acids is 1. The lowest BCUT2D eigenvalue weighted by Crippen LogP contribution is -1.93. The van der Waals surface area contributed by atoms with Gasteiger partial charge < -0.3 is 9.84 Å². The minimum absolute atomic E-state index is 0.0463. The van der Waals surface area contributed by atoms with Crippen LogP contribution < -0.4 is 0 Å². The molecule has 1 fully saturated rings. The van der Waals surface area contributed by atoms with E-state index in [0.717, 1.165) is 6.42 Å². The van der Waals surface area contributed by atoms with Gasteiger partial charge in [0.1, 0.15) is 0 Å². The van der Waals surface area contributed by atoms with E-state index in [9.17, 15) is 9.59 Å². The summed E-state index contributed by atoms with van der Waals surface area (Å²) in [5, 5.41) is 8.11. The third kappa shape index (κ3) is 5.90. The fourth-order valence-corrected chi connectivity index (χ4v) is 0.598. The maximum Gasteiger partial charge on any atom is 0.330 e. The molecule has 0 unspecified atom stereocenters. The molecule has 1 heterocycles. The summed E-state index contributed by atoms with van der Waals surface area (Å²) in [5.74, 6) is -0.891. The second kappa shape index (κ2) is 6.22. The Kier molecular flexibility index (Phi) is 5.59. The molecule has 0 amide bonds. The number of ether oxygens (including phenoxy) is 1. The lowest BCUT2D eigenvalue weighted by molar-refractivity contribution is -0.138. The highest BCUT2D eigenvalue weighted by molar-refractivity contribution is 5.85. The van der Waals surface area contributed by atoms with Gasteiger partial charge in [0, 0.05) is 12.0 Å². The molecule has 1 saturated heterocycles. The standard InChI is InChI=1S/C5H8O2.C4H6O2/c1-3-4(2)5(6)7;5-4-2-1-3-6-4/h3H,1-2H3,(H,6,7);1-3H2. The van der Waals surface area contributed by atoms with Crippen molar-refractivity contribution in [1.29, 1.82) is 0 Å². The van der Waals surface area contributed by atoms with Gasteiger partial charge in [0.15, 0.2) is 0 Å². The molecule has 74 valence electrons. The number of carboxylic acid groups (broad SMARTS) is 1. The maximum atomic E-state index is 10.0. The molecule has 1 aliphatic rings. The third-order valence-electron chi connectivity index (χ3n) is 1.56. The Morgan fingerprint density at radius 2 is 2.23 bits per heavy atom. The number of rotatable bonds is 1. The highest BCUT2D eigenvalue weighted by Gasteiger charge is 2.08. The van der Waals surface area contributed by atoms with Gasteiger partial charge in [0.25, 0.3) is 0 Å². The number of carbonyl (C=O) groups is 2. The molecule has 4 nitrogen and oxygen atoms in total. The van der Waals surface area contributed by atoms with Crippen molar-refractivity contribution >= 4 is 11.9 Å². The van der Waals surface area contributed by atoms with Crippen molar-refractivity contribution in [3.63, 3.8) is 0 Å². The number of allylic oxidation sites excluding steroid dienone is 1. The maximum absolute atomic E-state index is 10.0. The van der Waals surface area contributed by atoms with Crippen LogP contribution in [0.1, 0.15) is 26.7 Å². The molecule has 4 heteroatoms. The predicted octanol–water partition coefficient (Wildman–Crippen LogP) is 1.36. The largest absolute Gasteiger partial charge is 0.478 e. The predicted molar refractivity (Wildman–Crippen MR) is 47.3 cm³/mol. The van der Waals surface area contributed by atoms with E-state index in [1.54, 1.807) is 19.9 Å². The molecule has 0 spiro atoms. The number of hydrogen-bond acceptors (Lipinski definition) is 3. The number of hydrogen-bond donors (Lipinski definition) is 1. The summed E-state index contributed by atoms with van der Waals surface area (Å²) in [6.45, 7) is 3.89. The Hall–Kier alpha value is -1.32. The van der Waals surface area contributed by atoms with Crippen LogP contribution in [0.5, 0.6) is 0 Å². The molecule has 0 aliphatic carbocycles. The Morgan fingerprint density at radius 1 is 1.62 bits per heavy atom. The van der Waals surface area contributed by atoms with Gasteiger partial charge in [-0.25, -0.2) is 4.79 Å². The van der Waals surface area contributed by atoms with Crippen molar-refractivity contribution in [3.05, 3.63) is 11.6 Å².